The van der Waals surface area contributed by atoms with Gasteiger partial charge in [0.05, 0.1) is 5.92 Å². The second-order valence-corrected chi connectivity index (χ2v) is 11.5. The molecule has 0 amide bonds. The Kier molecular flexibility index (Phi) is 8.03. The number of rotatable bonds is 7. The van der Waals surface area contributed by atoms with E-state index < -0.39 is 0 Å². The van der Waals surface area contributed by atoms with Crippen LogP contribution < -0.4 is 0 Å². The molecule has 1 heterocycles. The number of cyclic esters (lactones) is 1. The van der Waals surface area contributed by atoms with E-state index in [1.165, 1.54) is 43.7 Å². The van der Waals surface area contributed by atoms with Crippen molar-refractivity contribution >= 4 is 11.5 Å². The van der Waals surface area contributed by atoms with Gasteiger partial charge in [0, 0.05) is 5.41 Å². The van der Waals surface area contributed by atoms with E-state index in [1.807, 2.05) is 6.07 Å². The van der Waals surface area contributed by atoms with Crippen LogP contribution in [0.5, 0.6) is 0 Å². The minimum atomic E-state index is -0.201. The van der Waals surface area contributed by atoms with Crippen LogP contribution in [0.25, 0.3) is 5.57 Å². The molecular formula is C32H43FO2. The molecule has 35 heavy (non-hydrogen) atoms. The monoisotopic (exact) mass is 478 g/mol. The molecule has 0 radical (unpaired) electrons. The highest BCUT2D eigenvalue weighted by molar-refractivity contribution is 5.76. The highest BCUT2D eigenvalue weighted by Crippen LogP contribution is 2.61. The summed E-state index contributed by atoms with van der Waals surface area (Å²) in [6, 6.07) is 6.82. The van der Waals surface area contributed by atoms with Crippen molar-refractivity contribution in [2.75, 3.05) is 0 Å². The summed E-state index contributed by atoms with van der Waals surface area (Å²) < 4.78 is 19.6. The normalized spacial score (nSPS) is 35.7. The molecule has 1 aliphatic heterocycles. The molecule has 1 saturated heterocycles. The Morgan fingerprint density at radius 3 is 2.71 bits per heavy atom. The molecule has 0 spiro atoms. The van der Waals surface area contributed by atoms with Crippen molar-refractivity contribution in [3.8, 4) is 0 Å². The smallest absolute Gasteiger partial charge is 0.309 e. The molecule has 1 aromatic rings. The number of carbonyl (C=O) groups is 1. The van der Waals surface area contributed by atoms with Gasteiger partial charge in [0.2, 0.25) is 0 Å². The molecule has 0 bridgehead atoms. The lowest BCUT2D eigenvalue weighted by Gasteiger charge is -2.53. The Bertz CT molecular complexity index is 1000. The standard InChI is InChI=1S/C32H43FO2/c1-6-9-23-14-16-28-26(18-23)20-30-31(34)35-22(4)32(30,5)29(28)17-13-21(3)12-15-24(7-2)25-10-8-11-27(33)19-25/h8,10-13,15,17,19,22-23,26,28-30H,6-7,9,14,16,18,20H2,1-5H3/b17-13+,21-12+,24-15+/t22-,23+,26+,28-,29+,30-,32+/m1/s1. The minimum Gasteiger partial charge on any atom is -0.462 e. The highest BCUT2D eigenvalue weighted by atomic mass is 19.1. The fourth-order valence-corrected chi connectivity index (χ4v) is 7.34. The van der Waals surface area contributed by atoms with Crippen LogP contribution in [0.3, 0.4) is 0 Å². The molecule has 4 rings (SSSR count). The van der Waals surface area contributed by atoms with E-state index >= 15 is 0 Å². The number of halogens is 1. The van der Waals surface area contributed by atoms with Crippen LogP contribution in [0, 0.1) is 40.8 Å². The average molecular weight is 479 g/mol. The zero-order valence-electron chi connectivity index (χ0n) is 22.2. The van der Waals surface area contributed by atoms with Crippen LogP contribution in [0.15, 0.2) is 54.1 Å². The van der Waals surface area contributed by atoms with E-state index in [2.05, 4.69) is 58.9 Å². The number of hydrogen-bond donors (Lipinski definition) is 0. The van der Waals surface area contributed by atoms with Crippen molar-refractivity contribution in [1.82, 2.24) is 0 Å². The average Bonchev–Trinajstić information content (AvgIpc) is 3.05. The van der Waals surface area contributed by atoms with Gasteiger partial charge in [0.15, 0.2) is 0 Å². The van der Waals surface area contributed by atoms with E-state index in [-0.39, 0.29) is 29.2 Å². The first-order valence-electron chi connectivity index (χ1n) is 13.8. The summed E-state index contributed by atoms with van der Waals surface area (Å²) in [5, 5.41) is 0. The lowest BCUT2D eigenvalue weighted by Crippen LogP contribution is -2.51. The molecule has 0 aromatic heterocycles. The van der Waals surface area contributed by atoms with E-state index in [0.29, 0.717) is 17.8 Å². The first kappa shape index (κ1) is 25.9. The number of esters is 1. The molecule has 2 nitrogen and oxygen atoms in total. The largest absolute Gasteiger partial charge is 0.462 e. The summed E-state index contributed by atoms with van der Waals surface area (Å²) in [4.78, 5) is 12.9. The van der Waals surface area contributed by atoms with E-state index in [1.54, 1.807) is 12.1 Å². The van der Waals surface area contributed by atoms with E-state index in [9.17, 15) is 9.18 Å². The molecule has 2 aliphatic carbocycles. The van der Waals surface area contributed by atoms with Crippen molar-refractivity contribution in [1.29, 1.82) is 0 Å². The number of carbonyl (C=O) groups excluding carboxylic acids is 1. The quantitative estimate of drug-likeness (QED) is 0.290. The van der Waals surface area contributed by atoms with Crippen molar-refractivity contribution in [3.05, 3.63) is 65.5 Å². The van der Waals surface area contributed by atoms with Gasteiger partial charge in [-0.25, -0.2) is 4.39 Å². The van der Waals surface area contributed by atoms with Crippen molar-refractivity contribution in [2.24, 2.45) is 35.0 Å². The molecule has 0 unspecified atom stereocenters. The summed E-state index contributed by atoms with van der Waals surface area (Å²) in [5.41, 5.74) is 3.09. The van der Waals surface area contributed by atoms with Crippen molar-refractivity contribution in [2.45, 2.75) is 85.7 Å². The Morgan fingerprint density at radius 2 is 2.00 bits per heavy atom. The second-order valence-electron chi connectivity index (χ2n) is 11.5. The topological polar surface area (TPSA) is 26.3 Å². The number of allylic oxidation sites excluding steroid dienone is 6. The fourth-order valence-electron chi connectivity index (χ4n) is 7.34. The zero-order valence-corrected chi connectivity index (χ0v) is 22.2. The Hall–Kier alpha value is -2.16. The summed E-state index contributed by atoms with van der Waals surface area (Å²) in [7, 11) is 0. The van der Waals surface area contributed by atoms with Gasteiger partial charge in [0.25, 0.3) is 0 Å². The van der Waals surface area contributed by atoms with Crippen molar-refractivity contribution < 1.29 is 13.9 Å². The van der Waals surface area contributed by atoms with Gasteiger partial charge in [-0.2, -0.15) is 0 Å². The number of ether oxygens (including phenoxy) is 1. The van der Waals surface area contributed by atoms with Crippen LogP contribution in [-0.2, 0) is 9.53 Å². The van der Waals surface area contributed by atoms with Gasteiger partial charge in [0.1, 0.15) is 11.9 Å². The molecule has 3 fully saturated rings. The van der Waals surface area contributed by atoms with Gasteiger partial charge >= 0.3 is 5.97 Å². The molecule has 7 atom stereocenters. The van der Waals surface area contributed by atoms with Gasteiger partial charge < -0.3 is 4.74 Å². The van der Waals surface area contributed by atoms with Gasteiger partial charge in [-0.15, -0.1) is 0 Å². The Morgan fingerprint density at radius 1 is 1.20 bits per heavy atom. The summed E-state index contributed by atoms with van der Waals surface area (Å²) >= 11 is 0. The first-order chi connectivity index (χ1) is 16.8. The fraction of sp³-hybridized carbons (Fsp3) is 0.594. The maximum Gasteiger partial charge on any atom is 0.309 e. The third-order valence-corrected chi connectivity index (χ3v) is 9.46. The third kappa shape index (κ3) is 5.20. The van der Waals surface area contributed by atoms with Gasteiger partial charge in [-0.05, 0) is 86.5 Å². The summed E-state index contributed by atoms with van der Waals surface area (Å²) in [6.45, 7) is 10.9. The van der Waals surface area contributed by atoms with Crippen molar-refractivity contribution in [3.63, 3.8) is 0 Å². The van der Waals surface area contributed by atoms with Crippen LogP contribution in [0.2, 0.25) is 0 Å². The highest BCUT2D eigenvalue weighted by Gasteiger charge is 2.61. The third-order valence-electron chi connectivity index (χ3n) is 9.46. The molecule has 3 heteroatoms. The van der Waals surface area contributed by atoms with Crippen LogP contribution >= 0.6 is 0 Å². The molecule has 0 N–H and O–H groups in total. The number of benzene rings is 1. The Balaban J connectivity index is 1.59. The van der Waals surface area contributed by atoms with Crippen LogP contribution in [0.1, 0.15) is 85.1 Å². The second kappa shape index (κ2) is 10.8. The predicted octanol–water partition coefficient (Wildman–Crippen LogP) is 8.54. The summed E-state index contributed by atoms with van der Waals surface area (Å²) in [6.07, 6.45) is 17.1. The van der Waals surface area contributed by atoms with Crippen LogP contribution in [-0.4, -0.2) is 12.1 Å². The lowest BCUT2D eigenvalue weighted by atomic mass is 9.50. The number of hydrogen-bond acceptors (Lipinski definition) is 2. The van der Waals surface area contributed by atoms with Gasteiger partial charge in [-0.1, -0.05) is 82.0 Å². The number of fused-ring (bicyclic) bond motifs is 2. The zero-order chi connectivity index (χ0) is 25.2. The maximum absolute atomic E-state index is 13.7. The predicted molar refractivity (Wildman–Crippen MR) is 142 cm³/mol. The van der Waals surface area contributed by atoms with E-state index in [4.69, 9.17) is 4.74 Å². The maximum atomic E-state index is 13.7. The summed E-state index contributed by atoms with van der Waals surface area (Å²) in [5.74, 6) is 2.23. The van der Waals surface area contributed by atoms with Crippen LogP contribution in [0.4, 0.5) is 4.39 Å². The van der Waals surface area contributed by atoms with Gasteiger partial charge in [-0.3, -0.25) is 4.79 Å². The lowest BCUT2D eigenvalue weighted by molar-refractivity contribution is -0.144. The molecule has 3 aliphatic rings. The molecule has 2 saturated carbocycles. The minimum absolute atomic E-state index is 0.0117. The molecule has 190 valence electrons. The SMILES string of the molecule is CCC[C@H]1CC[C@@H]2[C@@H](C1)C[C@@H]1C(=O)O[C@H](C)[C@@]1(C)[C@H]2/C=C/C(C)=C/C=C(\CC)c1cccc(F)c1. The molecular weight excluding hydrogens is 435 g/mol. The Labute approximate surface area is 211 Å². The first-order valence-corrected chi connectivity index (χ1v) is 13.8. The molecule has 1 aromatic carbocycles. The van der Waals surface area contributed by atoms with E-state index in [0.717, 1.165) is 29.9 Å².